The van der Waals surface area contributed by atoms with Gasteiger partial charge in [0, 0.05) is 39.1 Å². The van der Waals surface area contributed by atoms with Crippen LogP contribution < -0.4 is 9.80 Å². The van der Waals surface area contributed by atoms with Gasteiger partial charge in [0.2, 0.25) is 22.1 Å². The minimum atomic E-state index is 0.0520. The van der Waals surface area contributed by atoms with E-state index in [2.05, 4.69) is 26.9 Å². The molecule has 0 saturated carbocycles. The summed E-state index contributed by atoms with van der Waals surface area (Å²) in [6, 6.07) is 0. The Morgan fingerprint density at radius 3 is 2.56 bits per heavy atom. The highest BCUT2D eigenvalue weighted by molar-refractivity contribution is 7.19. The molecule has 1 atom stereocenters. The summed E-state index contributed by atoms with van der Waals surface area (Å²) in [6.07, 6.45) is 6.78. The summed E-state index contributed by atoms with van der Waals surface area (Å²) in [5.41, 5.74) is 0. The number of anilines is 2. The van der Waals surface area contributed by atoms with Crippen LogP contribution in [0, 0.1) is 11.8 Å². The maximum absolute atomic E-state index is 12.9. The molecule has 0 spiro atoms. The van der Waals surface area contributed by atoms with Gasteiger partial charge in [0.25, 0.3) is 0 Å². The van der Waals surface area contributed by atoms with E-state index >= 15 is 0 Å². The van der Waals surface area contributed by atoms with Crippen LogP contribution in [0.5, 0.6) is 0 Å². The maximum atomic E-state index is 12.9. The molecule has 3 aliphatic heterocycles. The molecule has 27 heavy (non-hydrogen) atoms. The van der Waals surface area contributed by atoms with Gasteiger partial charge in [-0.05, 0) is 44.4 Å². The Kier molecular flexibility index (Phi) is 5.61. The van der Waals surface area contributed by atoms with Crippen molar-refractivity contribution >= 4 is 33.4 Å². The Morgan fingerprint density at radius 2 is 1.78 bits per heavy atom. The maximum Gasteiger partial charge on any atom is 0.228 e. The number of amides is 2. The van der Waals surface area contributed by atoms with Gasteiger partial charge in [-0.2, -0.15) is 0 Å². The van der Waals surface area contributed by atoms with Crippen LogP contribution in [0.3, 0.4) is 0 Å². The number of rotatable bonds is 3. The lowest BCUT2D eigenvalue weighted by Crippen LogP contribution is -2.47. The Labute approximate surface area is 164 Å². The minimum absolute atomic E-state index is 0.0520. The fourth-order valence-corrected chi connectivity index (χ4v) is 5.22. The zero-order valence-electron chi connectivity index (χ0n) is 16.1. The first-order chi connectivity index (χ1) is 13.1. The highest BCUT2D eigenvalue weighted by Crippen LogP contribution is 2.32. The second kappa shape index (κ2) is 8.12. The monoisotopic (exact) mass is 391 g/mol. The number of carbonyl (C=O) groups excluding carboxylic acids is 2. The number of hydrogen-bond acceptors (Lipinski definition) is 6. The summed E-state index contributed by atoms with van der Waals surface area (Å²) in [4.78, 5) is 31.1. The standard InChI is InChI=1S/C19H29N5O2S/c1-14-7-11-22(12-8-14)17(26)15-5-4-9-23(13-15)18-20-21-19(27-18)24-10-3-2-6-16(24)25/h14-15H,2-13H2,1H3. The molecule has 1 aromatic heterocycles. The van der Waals surface area contributed by atoms with Crippen molar-refractivity contribution in [3.05, 3.63) is 0 Å². The van der Waals surface area contributed by atoms with Gasteiger partial charge < -0.3 is 9.80 Å². The summed E-state index contributed by atoms with van der Waals surface area (Å²) in [5.74, 6) is 1.24. The van der Waals surface area contributed by atoms with Gasteiger partial charge in [0.15, 0.2) is 0 Å². The third-order valence-corrected chi connectivity index (χ3v) is 7.10. The Morgan fingerprint density at radius 1 is 1.00 bits per heavy atom. The summed E-state index contributed by atoms with van der Waals surface area (Å²) in [5, 5.41) is 10.2. The van der Waals surface area contributed by atoms with E-state index in [-0.39, 0.29) is 11.8 Å². The van der Waals surface area contributed by atoms with Gasteiger partial charge in [-0.25, -0.2) is 0 Å². The summed E-state index contributed by atoms with van der Waals surface area (Å²) in [7, 11) is 0. The molecular formula is C19H29N5O2S. The third-order valence-electron chi connectivity index (χ3n) is 6.09. The van der Waals surface area contributed by atoms with Crippen molar-refractivity contribution in [1.82, 2.24) is 15.1 Å². The highest BCUT2D eigenvalue weighted by Gasteiger charge is 2.32. The number of piperidine rings is 3. The van der Waals surface area contributed by atoms with E-state index in [9.17, 15) is 9.59 Å². The van der Waals surface area contributed by atoms with E-state index in [4.69, 9.17) is 0 Å². The molecule has 0 N–H and O–H groups in total. The molecule has 148 valence electrons. The average Bonchev–Trinajstić information content (AvgIpc) is 3.18. The number of carbonyl (C=O) groups is 2. The van der Waals surface area contributed by atoms with Crippen LogP contribution in [-0.2, 0) is 9.59 Å². The molecule has 0 aromatic carbocycles. The van der Waals surface area contributed by atoms with Crippen LogP contribution in [0.15, 0.2) is 0 Å². The van der Waals surface area contributed by atoms with E-state index in [0.29, 0.717) is 24.0 Å². The largest absolute Gasteiger partial charge is 0.346 e. The van der Waals surface area contributed by atoms with Crippen LogP contribution in [-0.4, -0.2) is 59.6 Å². The molecule has 0 aliphatic carbocycles. The zero-order chi connectivity index (χ0) is 18.8. The first-order valence-corrected chi connectivity index (χ1v) is 11.1. The van der Waals surface area contributed by atoms with Crippen LogP contribution in [0.2, 0.25) is 0 Å². The van der Waals surface area contributed by atoms with Crippen molar-refractivity contribution in [2.45, 2.75) is 51.9 Å². The Bertz CT molecular complexity index is 685. The van der Waals surface area contributed by atoms with Crippen molar-refractivity contribution < 1.29 is 9.59 Å². The fourth-order valence-electron chi connectivity index (χ4n) is 4.29. The predicted octanol–water partition coefficient (Wildman–Crippen LogP) is 2.53. The van der Waals surface area contributed by atoms with Crippen molar-refractivity contribution in [2.75, 3.05) is 42.5 Å². The SMILES string of the molecule is CC1CCN(C(=O)C2CCCN(c3nnc(N4CCCCC4=O)s3)C2)CC1. The first kappa shape index (κ1) is 18.7. The summed E-state index contributed by atoms with van der Waals surface area (Å²) >= 11 is 1.48. The van der Waals surface area contributed by atoms with Crippen LogP contribution in [0.4, 0.5) is 10.3 Å². The van der Waals surface area contributed by atoms with Crippen LogP contribution >= 0.6 is 11.3 Å². The lowest BCUT2D eigenvalue weighted by molar-refractivity contribution is -0.137. The van der Waals surface area contributed by atoms with E-state index in [1.165, 1.54) is 11.3 Å². The molecule has 1 unspecified atom stereocenters. The quantitative estimate of drug-likeness (QED) is 0.792. The van der Waals surface area contributed by atoms with Crippen LogP contribution in [0.1, 0.15) is 51.9 Å². The third kappa shape index (κ3) is 4.10. The van der Waals surface area contributed by atoms with E-state index < -0.39 is 0 Å². The van der Waals surface area contributed by atoms with E-state index in [1.807, 2.05) is 0 Å². The molecule has 3 saturated heterocycles. The smallest absolute Gasteiger partial charge is 0.228 e. The average molecular weight is 392 g/mol. The second-order valence-electron chi connectivity index (χ2n) is 8.16. The molecule has 8 heteroatoms. The van der Waals surface area contributed by atoms with E-state index in [1.54, 1.807) is 4.90 Å². The van der Waals surface area contributed by atoms with E-state index in [0.717, 1.165) is 75.8 Å². The normalized spacial score (nSPS) is 25.1. The molecule has 3 fully saturated rings. The topological polar surface area (TPSA) is 69.6 Å². The number of likely N-dealkylation sites (tertiary alicyclic amines) is 1. The molecular weight excluding hydrogens is 362 g/mol. The fraction of sp³-hybridized carbons (Fsp3) is 0.789. The number of aromatic nitrogens is 2. The van der Waals surface area contributed by atoms with Gasteiger partial charge in [-0.3, -0.25) is 14.5 Å². The van der Waals surface area contributed by atoms with Crippen molar-refractivity contribution in [3.8, 4) is 0 Å². The minimum Gasteiger partial charge on any atom is -0.346 e. The lowest BCUT2D eigenvalue weighted by atomic mass is 9.94. The van der Waals surface area contributed by atoms with Crippen molar-refractivity contribution in [1.29, 1.82) is 0 Å². The second-order valence-corrected chi connectivity index (χ2v) is 9.10. The molecule has 0 radical (unpaired) electrons. The van der Waals surface area contributed by atoms with Gasteiger partial charge in [0.05, 0.1) is 5.92 Å². The molecule has 4 rings (SSSR count). The van der Waals surface area contributed by atoms with Crippen molar-refractivity contribution in [3.63, 3.8) is 0 Å². The van der Waals surface area contributed by atoms with Gasteiger partial charge in [-0.15, -0.1) is 10.2 Å². The van der Waals surface area contributed by atoms with Gasteiger partial charge in [-0.1, -0.05) is 18.3 Å². The molecule has 4 heterocycles. The lowest BCUT2D eigenvalue weighted by Gasteiger charge is -2.37. The Hall–Kier alpha value is -1.70. The molecule has 3 aliphatic rings. The van der Waals surface area contributed by atoms with Gasteiger partial charge in [0.1, 0.15) is 0 Å². The molecule has 1 aromatic rings. The highest BCUT2D eigenvalue weighted by atomic mass is 32.1. The van der Waals surface area contributed by atoms with Crippen LogP contribution in [0.25, 0.3) is 0 Å². The number of nitrogens with zero attached hydrogens (tertiary/aromatic N) is 5. The number of hydrogen-bond donors (Lipinski definition) is 0. The van der Waals surface area contributed by atoms with Gasteiger partial charge >= 0.3 is 0 Å². The molecule has 2 amide bonds. The van der Waals surface area contributed by atoms with Crippen molar-refractivity contribution in [2.24, 2.45) is 11.8 Å². The molecule has 7 nitrogen and oxygen atoms in total. The zero-order valence-corrected chi connectivity index (χ0v) is 16.9. The Balaban J connectivity index is 1.39. The predicted molar refractivity (Wildman–Crippen MR) is 106 cm³/mol. The summed E-state index contributed by atoms with van der Waals surface area (Å²) in [6.45, 7) is 6.43. The first-order valence-electron chi connectivity index (χ1n) is 10.3. The summed E-state index contributed by atoms with van der Waals surface area (Å²) < 4.78 is 0. The molecule has 0 bridgehead atoms.